The molecule has 1 fully saturated rings. The van der Waals surface area contributed by atoms with Gasteiger partial charge >= 0.3 is 0 Å². The first-order valence-electron chi connectivity index (χ1n) is 7.15. The van der Waals surface area contributed by atoms with Gasteiger partial charge in [0.25, 0.3) is 0 Å². The van der Waals surface area contributed by atoms with Crippen LogP contribution in [0.5, 0.6) is 0 Å². The van der Waals surface area contributed by atoms with Crippen molar-refractivity contribution in [2.24, 2.45) is 5.92 Å². The van der Waals surface area contributed by atoms with Crippen LogP contribution >= 0.6 is 0 Å². The zero-order valence-electron chi connectivity index (χ0n) is 12.7. The van der Waals surface area contributed by atoms with Crippen LogP contribution in [0.15, 0.2) is 24.3 Å². The molecule has 1 saturated heterocycles. The van der Waals surface area contributed by atoms with Gasteiger partial charge in [0.15, 0.2) is 0 Å². The topological polar surface area (TPSA) is 41.6 Å². The lowest BCUT2D eigenvalue weighted by atomic mass is 10.1. The smallest absolute Gasteiger partial charge is 0.241 e. The number of hydrogen-bond donors (Lipinski definition) is 1. The first kappa shape index (κ1) is 15.0. The largest absolute Gasteiger partial charge is 0.384 e. The summed E-state index contributed by atoms with van der Waals surface area (Å²) in [5.74, 6) is 0.488. The second kappa shape index (κ2) is 6.37. The molecule has 1 aromatic carbocycles. The highest BCUT2D eigenvalue weighted by Crippen LogP contribution is 2.26. The van der Waals surface area contributed by atoms with Gasteiger partial charge in [0.2, 0.25) is 5.91 Å². The molecule has 1 heterocycles. The summed E-state index contributed by atoms with van der Waals surface area (Å²) in [5, 5.41) is 3.37. The first-order chi connectivity index (χ1) is 9.52. The number of methoxy groups -OCH3 is 1. The Hall–Kier alpha value is -1.39. The maximum absolute atomic E-state index is 12.3. The van der Waals surface area contributed by atoms with Gasteiger partial charge < -0.3 is 9.64 Å². The van der Waals surface area contributed by atoms with Crippen molar-refractivity contribution in [3.63, 3.8) is 0 Å². The van der Waals surface area contributed by atoms with Crippen LogP contribution in [-0.4, -0.2) is 37.1 Å². The van der Waals surface area contributed by atoms with E-state index in [1.807, 2.05) is 11.8 Å². The molecule has 4 nitrogen and oxygen atoms in total. The summed E-state index contributed by atoms with van der Waals surface area (Å²) in [6, 6.07) is 8.22. The molecular weight excluding hydrogens is 252 g/mol. The van der Waals surface area contributed by atoms with Crippen LogP contribution in [0.4, 0.5) is 0 Å². The number of nitrogens with zero attached hydrogens (tertiary/aromatic N) is 1. The number of carbonyl (C=O) groups is 1. The molecule has 3 atom stereocenters. The van der Waals surface area contributed by atoms with Crippen LogP contribution in [-0.2, 0) is 9.53 Å². The average Bonchev–Trinajstić information content (AvgIpc) is 2.68. The monoisotopic (exact) mass is 276 g/mol. The fourth-order valence-corrected chi connectivity index (χ4v) is 2.67. The van der Waals surface area contributed by atoms with Crippen molar-refractivity contribution >= 4 is 5.91 Å². The van der Waals surface area contributed by atoms with Crippen molar-refractivity contribution in [2.45, 2.75) is 33.0 Å². The highest BCUT2D eigenvalue weighted by Gasteiger charge is 2.37. The van der Waals surface area contributed by atoms with Gasteiger partial charge in [-0.05, 0) is 25.3 Å². The Labute approximate surface area is 121 Å². The fourth-order valence-electron chi connectivity index (χ4n) is 2.67. The molecule has 1 aliphatic heterocycles. The van der Waals surface area contributed by atoms with E-state index in [-0.39, 0.29) is 18.1 Å². The Morgan fingerprint density at radius 3 is 2.60 bits per heavy atom. The highest BCUT2D eigenvalue weighted by molar-refractivity contribution is 5.84. The maximum Gasteiger partial charge on any atom is 0.241 e. The van der Waals surface area contributed by atoms with Crippen LogP contribution < -0.4 is 5.32 Å². The van der Waals surface area contributed by atoms with Crippen LogP contribution in [0.2, 0.25) is 0 Å². The van der Waals surface area contributed by atoms with Gasteiger partial charge in [0.1, 0.15) is 6.17 Å². The lowest BCUT2D eigenvalue weighted by Crippen LogP contribution is -2.35. The number of rotatable bonds is 5. The number of benzene rings is 1. The third kappa shape index (κ3) is 3.19. The number of nitrogens with one attached hydrogen (secondary N) is 1. The van der Waals surface area contributed by atoms with Gasteiger partial charge in [-0.2, -0.15) is 0 Å². The standard InChI is InChI=1S/C16H24N2O2/c1-11-5-7-14(8-6-11)15-17-13(3)16(19)18(15)9-12(2)10-20-4/h5-8,12-13,15,17H,9-10H2,1-4H3. The second-order valence-electron chi connectivity index (χ2n) is 5.75. The predicted octanol–water partition coefficient (Wildman–Crippen LogP) is 2.10. The van der Waals surface area contributed by atoms with E-state index < -0.39 is 0 Å². The second-order valence-corrected chi connectivity index (χ2v) is 5.75. The Bertz CT molecular complexity index is 458. The van der Waals surface area contributed by atoms with Gasteiger partial charge in [-0.25, -0.2) is 0 Å². The molecule has 0 spiro atoms. The van der Waals surface area contributed by atoms with Crippen LogP contribution in [0, 0.1) is 12.8 Å². The Morgan fingerprint density at radius 2 is 2.00 bits per heavy atom. The zero-order valence-corrected chi connectivity index (χ0v) is 12.7. The molecule has 0 bridgehead atoms. The molecule has 0 aromatic heterocycles. The molecule has 0 aliphatic carbocycles. The fraction of sp³-hybridized carbons (Fsp3) is 0.562. The summed E-state index contributed by atoms with van der Waals surface area (Å²) < 4.78 is 5.17. The molecule has 1 aliphatic rings. The average molecular weight is 276 g/mol. The summed E-state index contributed by atoms with van der Waals surface area (Å²) in [6.07, 6.45) is -0.0302. The SMILES string of the molecule is COCC(C)CN1C(=O)C(C)NC1c1ccc(C)cc1. The summed E-state index contributed by atoms with van der Waals surface area (Å²) in [6.45, 7) is 7.47. The van der Waals surface area contributed by atoms with Crippen LogP contribution in [0.25, 0.3) is 0 Å². The minimum Gasteiger partial charge on any atom is -0.384 e. The van der Waals surface area contributed by atoms with Crippen molar-refractivity contribution in [2.75, 3.05) is 20.3 Å². The quantitative estimate of drug-likeness (QED) is 0.895. The van der Waals surface area contributed by atoms with Crippen molar-refractivity contribution in [1.82, 2.24) is 10.2 Å². The Morgan fingerprint density at radius 1 is 1.35 bits per heavy atom. The van der Waals surface area contributed by atoms with Crippen LogP contribution in [0.3, 0.4) is 0 Å². The normalized spacial score (nSPS) is 24.2. The van der Waals surface area contributed by atoms with Gasteiger partial charge in [0.05, 0.1) is 12.6 Å². The maximum atomic E-state index is 12.3. The Balaban J connectivity index is 2.17. The van der Waals surface area contributed by atoms with E-state index in [9.17, 15) is 4.79 Å². The van der Waals surface area contributed by atoms with E-state index in [4.69, 9.17) is 4.74 Å². The molecule has 110 valence electrons. The van der Waals surface area contributed by atoms with E-state index in [1.165, 1.54) is 5.56 Å². The molecule has 0 radical (unpaired) electrons. The molecular formula is C16H24N2O2. The van der Waals surface area contributed by atoms with E-state index in [1.54, 1.807) is 7.11 Å². The van der Waals surface area contributed by atoms with Crippen molar-refractivity contribution < 1.29 is 9.53 Å². The molecule has 3 unspecified atom stereocenters. The number of carbonyl (C=O) groups excluding carboxylic acids is 1. The van der Waals surface area contributed by atoms with Gasteiger partial charge in [0, 0.05) is 13.7 Å². The van der Waals surface area contributed by atoms with Gasteiger partial charge in [-0.3, -0.25) is 10.1 Å². The molecule has 20 heavy (non-hydrogen) atoms. The van der Waals surface area contributed by atoms with E-state index in [0.717, 1.165) is 5.56 Å². The van der Waals surface area contributed by atoms with E-state index in [0.29, 0.717) is 19.1 Å². The summed E-state index contributed by atoms with van der Waals surface area (Å²) in [5.41, 5.74) is 2.36. The predicted molar refractivity (Wildman–Crippen MR) is 79.3 cm³/mol. The molecule has 1 amide bonds. The third-order valence-electron chi connectivity index (χ3n) is 3.73. The van der Waals surface area contributed by atoms with Crippen molar-refractivity contribution in [3.8, 4) is 0 Å². The van der Waals surface area contributed by atoms with Crippen LogP contribution in [0.1, 0.15) is 31.1 Å². The summed E-state index contributed by atoms with van der Waals surface area (Å²) in [4.78, 5) is 14.2. The minimum atomic E-state index is -0.129. The van der Waals surface area contributed by atoms with E-state index in [2.05, 4.69) is 43.4 Å². The van der Waals surface area contributed by atoms with Gasteiger partial charge in [-0.15, -0.1) is 0 Å². The molecule has 2 rings (SSSR count). The number of aryl methyl sites for hydroxylation is 1. The molecule has 1 N–H and O–H groups in total. The molecule has 1 aromatic rings. The lowest BCUT2D eigenvalue weighted by Gasteiger charge is -2.27. The molecule has 4 heteroatoms. The number of hydrogen-bond acceptors (Lipinski definition) is 3. The first-order valence-corrected chi connectivity index (χ1v) is 7.15. The summed E-state index contributed by atoms with van der Waals surface area (Å²) in [7, 11) is 1.70. The highest BCUT2D eigenvalue weighted by atomic mass is 16.5. The van der Waals surface area contributed by atoms with Gasteiger partial charge in [-0.1, -0.05) is 36.8 Å². The number of amides is 1. The zero-order chi connectivity index (χ0) is 14.7. The Kier molecular flexibility index (Phi) is 4.78. The molecule has 0 saturated carbocycles. The minimum absolute atomic E-state index is 0.0302. The summed E-state index contributed by atoms with van der Waals surface area (Å²) >= 11 is 0. The van der Waals surface area contributed by atoms with Crippen molar-refractivity contribution in [3.05, 3.63) is 35.4 Å². The number of ether oxygens (including phenoxy) is 1. The van der Waals surface area contributed by atoms with E-state index >= 15 is 0 Å². The van der Waals surface area contributed by atoms with Crippen molar-refractivity contribution in [1.29, 1.82) is 0 Å². The third-order valence-corrected chi connectivity index (χ3v) is 3.73. The lowest BCUT2D eigenvalue weighted by molar-refractivity contribution is -0.130.